The van der Waals surface area contributed by atoms with E-state index in [2.05, 4.69) is 22.2 Å². The summed E-state index contributed by atoms with van der Waals surface area (Å²) in [5.74, 6) is -0.166. The van der Waals surface area contributed by atoms with Gasteiger partial charge in [0.25, 0.3) is 5.91 Å². The molecule has 0 radical (unpaired) electrons. The molecular formula is C21H21N3O2. The Bertz CT molecular complexity index is 854. The first-order chi connectivity index (χ1) is 12.7. The molecule has 0 aromatic heterocycles. The third-order valence-corrected chi connectivity index (χ3v) is 5.95. The largest absolute Gasteiger partial charge is 0.274 e. The van der Waals surface area contributed by atoms with Crippen molar-refractivity contribution in [1.29, 1.82) is 0 Å². The van der Waals surface area contributed by atoms with Crippen LogP contribution in [0.4, 0.5) is 5.69 Å². The van der Waals surface area contributed by atoms with Crippen molar-refractivity contribution in [2.75, 3.05) is 18.0 Å². The highest BCUT2D eigenvalue weighted by Crippen LogP contribution is 2.50. The summed E-state index contributed by atoms with van der Waals surface area (Å²) in [5.41, 5.74) is 1.16. The number of para-hydroxylation sites is 1. The lowest BCUT2D eigenvalue weighted by molar-refractivity contribution is -0.131. The molecule has 2 amide bonds. The molecule has 0 bridgehead atoms. The van der Waals surface area contributed by atoms with Crippen LogP contribution in [0.5, 0.6) is 0 Å². The van der Waals surface area contributed by atoms with E-state index < -0.39 is 5.54 Å². The maximum atomic E-state index is 13.5. The number of amides is 2. The average molecular weight is 347 g/mol. The zero-order chi connectivity index (χ0) is 17.7. The SMILES string of the molecule is O=C1C[C@]2(C[C@H](c3ccccc3)N3CCCN32)C(=O)N1c1ccccc1. The fourth-order valence-corrected chi connectivity index (χ4v) is 4.84. The molecule has 5 heteroatoms. The number of benzene rings is 2. The monoisotopic (exact) mass is 347 g/mol. The third kappa shape index (κ3) is 2.11. The van der Waals surface area contributed by atoms with Crippen LogP contribution in [0.15, 0.2) is 60.7 Å². The number of anilines is 1. The smallest absolute Gasteiger partial charge is 0.256 e. The van der Waals surface area contributed by atoms with Gasteiger partial charge in [-0.05, 0) is 30.5 Å². The maximum absolute atomic E-state index is 13.5. The Kier molecular flexibility index (Phi) is 3.48. The Morgan fingerprint density at radius 3 is 2.31 bits per heavy atom. The van der Waals surface area contributed by atoms with Crippen molar-refractivity contribution in [2.45, 2.75) is 30.8 Å². The van der Waals surface area contributed by atoms with Gasteiger partial charge in [-0.1, -0.05) is 48.5 Å². The fraction of sp³-hybridized carbons (Fsp3) is 0.333. The van der Waals surface area contributed by atoms with Gasteiger partial charge in [0.15, 0.2) is 0 Å². The number of imide groups is 1. The lowest BCUT2D eigenvalue weighted by Crippen LogP contribution is -2.52. The predicted octanol–water partition coefficient (Wildman–Crippen LogP) is 2.76. The quantitative estimate of drug-likeness (QED) is 0.784. The first-order valence-corrected chi connectivity index (χ1v) is 9.22. The highest BCUT2D eigenvalue weighted by atomic mass is 16.2. The van der Waals surface area contributed by atoms with Gasteiger partial charge in [0, 0.05) is 13.1 Å². The van der Waals surface area contributed by atoms with Crippen LogP contribution in [-0.2, 0) is 9.59 Å². The van der Waals surface area contributed by atoms with Crippen LogP contribution in [-0.4, -0.2) is 40.5 Å². The average Bonchev–Trinajstić information content (AvgIpc) is 3.33. The van der Waals surface area contributed by atoms with Gasteiger partial charge in [0.2, 0.25) is 5.91 Å². The van der Waals surface area contributed by atoms with Crippen LogP contribution < -0.4 is 4.90 Å². The second-order valence-corrected chi connectivity index (χ2v) is 7.35. The molecule has 3 aliphatic rings. The standard InChI is InChI=1S/C21H21N3O2/c25-19-15-21(20(26)24(19)17-10-5-2-6-11-17)14-18(16-8-3-1-4-9-16)22-12-7-13-23(21)22/h1-6,8-11,18H,7,12-15H2/t18-,21-/m1/s1. The van der Waals surface area contributed by atoms with Crippen LogP contribution in [0.3, 0.4) is 0 Å². The minimum atomic E-state index is -0.732. The highest BCUT2D eigenvalue weighted by Gasteiger charge is 2.63. The van der Waals surface area contributed by atoms with E-state index >= 15 is 0 Å². The molecule has 3 saturated heterocycles. The van der Waals surface area contributed by atoms with Crippen LogP contribution >= 0.6 is 0 Å². The summed E-state index contributed by atoms with van der Waals surface area (Å²) < 4.78 is 0. The first kappa shape index (κ1) is 15.7. The van der Waals surface area contributed by atoms with Gasteiger partial charge in [-0.25, -0.2) is 14.9 Å². The molecule has 5 rings (SSSR count). The number of hydrogen-bond donors (Lipinski definition) is 0. The second kappa shape index (κ2) is 5.76. The van der Waals surface area contributed by atoms with Gasteiger partial charge in [-0.3, -0.25) is 9.59 Å². The molecule has 0 saturated carbocycles. The van der Waals surface area contributed by atoms with Gasteiger partial charge in [0.05, 0.1) is 18.2 Å². The molecule has 0 aliphatic carbocycles. The summed E-state index contributed by atoms with van der Waals surface area (Å²) in [4.78, 5) is 27.7. The van der Waals surface area contributed by atoms with Gasteiger partial charge >= 0.3 is 0 Å². The Hall–Kier alpha value is -2.50. The topological polar surface area (TPSA) is 43.9 Å². The summed E-state index contributed by atoms with van der Waals surface area (Å²) in [5, 5.41) is 4.50. The Morgan fingerprint density at radius 1 is 0.885 bits per heavy atom. The van der Waals surface area contributed by atoms with Crippen molar-refractivity contribution in [1.82, 2.24) is 10.0 Å². The van der Waals surface area contributed by atoms with E-state index in [1.54, 1.807) is 0 Å². The molecule has 2 aromatic carbocycles. The van der Waals surface area contributed by atoms with E-state index in [0.29, 0.717) is 12.1 Å². The van der Waals surface area contributed by atoms with Crippen LogP contribution in [0, 0.1) is 0 Å². The van der Waals surface area contributed by atoms with Gasteiger partial charge in [-0.15, -0.1) is 0 Å². The summed E-state index contributed by atoms with van der Waals surface area (Å²) in [7, 11) is 0. The van der Waals surface area contributed by atoms with Crippen LogP contribution in [0.25, 0.3) is 0 Å². The minimum absolute atomic E-state index is 0.0703. The first-order valence-electron chi connectivity index (χ1n) is 9.22. The zero-order valence-electron chi connectivity index (χ0n) is 14.5. The minimum Gasteiger partial charge on any atom is -0.274 e. The number of carbonyl (C=O) groups is 2. The van der Waals surface area contributed by atoms with E-state index in [9.17, 15) is 9.59 Å². The van der Waals surface area contributed by atoms with Crippen molar-refractivity contribution in [2.24, 2.45) is 0 Å². The molecule has 3 fully saturated rings. The van der Waals surface area contributed by atoms with E-state index in [0.717, 1.165) is 19.5 Å². The molecule has 132 valence electrons. The molecule has 1 spiro atoms. The molecule has 3 aliphatic heterocycles. The molecule has 2 atom stereocenters. The number of fused-ring (bicyclic) bond motifs is 2. The zero-order valence-corrected chi connectivity index (χ0v) is 14.5. The van der Waals surface area contributed by atoms with Gasteiger partial charge < -0.3 is 0 Å². The molecule has 0 unspecified atom stereocenters. The normalized spacial score (nSPS) is 29.1. The van der Waals surface area contributed by atoms with Crippen molar-refractivity contribution in [3.05, 3.63) is 66.2 Å². The second-order valence-electron chi connectivity index (χ2n) is 7.35. The Labute approximate surface area is 152 Å². The summed E-state index contributed by atoms with van der Waals surface area (Å²) in [6.45, 7) is 1.78. The van der Waals surface area contributed by atoms with Crippen molar-refractivity contribution >= 4 is 17.5 Å². The highest BCUT2D eigenvalue weighted by molar-refractivity contribution is 6.24. The fourth-order valence-electron chi connectivity index (χ4n) is 4.84. The Balaban J connectivity index is 1.55. The summed E-state index contributed by atoms with van der Waals surface area (Å²) in [6.07, 6.45) is 1.96. The van der Waals surface area contributed by atoms with E-state index in [-0.39, 0.29) is 24.3 Å². The molecule has 0 N–H and O–H groups in total. The maximum Gasteiger partial charge on any atom is 0.256 e. The van der Waals surface area contributed by atoms with E-state index in [4.69, 9.17) is 0 Å². The third-order valence-electron chi connectivity index (χ3n) is 5.95. The lowest BCUT2D eigenvalue weighted by Gasteiger charge is -2.32. The van der Waals surface area contributed by atoms with Crippen LogP contribution in [0.2, 0.25) is 0 Å². The van der Waals surface area contributed by atoms with E-state index in [1.807, 2.05) is 48.5 Å². The number of nitrogens with zero attached hydrogens (tertiary/aromatic N) is 3. The number of hydrazine groups is 1. The van der Waals surface area contributed by atoms with Gasteiger partial charge in [0.1, 0.15) is 5.54 Å². The summed E-state index contributed by atoms with van der Waals surface area (Å²) >= 11 is 0. The number of carbonyl (C=O) groups excluding carboxylic acids is 2. The number of rotatable bonds is 2. The number of hydrogen-bond acceptors (Lipinski definition) is 4. The van der Waals surface area contributed by atoms with Crippen molar-refractivity contribution in [3.8, 4) is 0 Å². The van der Waals surface area contributed by atoms with Crippen LogP contribution in [0.1, 0.15) is 30.9 Å². The van der Waals surface area contributed by atoms with Crippen molar-refractivity contribution in [3.63, 3.8) is 0 Å². The molecule has 2 aromatic rings. The molecular weight excluding hydrogens is 326 g/mol. The van der Waals surface area contributed by atoms with Crippen molar-refractivity contribution < 1.29 is 9.59 Å². The molecule has 3 heterocycles. The molecule has 26 heavy (non-hydrogen) atoms. The molecule has 5 nitrogen and oxygen atoms in total. The van der Waals surface area contributed by atoms with Gasteiger partial charge in [-0.2, -0.15) is 0 Å². The predicted molar refractivity (Wildman–Crippen MR) is 98.1 cm³/mol. The Morgan fingerprint density at radius 2 is 1.58 bits per heavy atom. The van der Waals surface area contributed by atoms with E-state index in [1.165, 1.54) is 10.5 Å². The lowest BCUT2D eigenvalue weighted by atomic mass is 9.88. The summed E-state index contributed by atoms with van der Waals surface area (Å²) in [6, 6.07) is 19.8.